The van der Waals surface area contributed by atoms with Gasteiger partial charge in [-0.1, -0.05) is 12.1 Å². The normalized spacial score (nSPS) is 11.0. The Bertz CT molecular complexity index is 772. The lowest BCUT2D eigenvalue weighted by Gasteiger charge is -2.10. The summed E-state index contributed by atoms with van der Waals surface area (Å²) in [6.07, 6.45) is 0. The predicted octanol–water partition coefficient (Wildman–Crippen LogP) is 2.96. The van der Waals surface area contributed by atoms with Gasteiger partial charge in [-0.25, -0.2) is 5.43 Å². The monoisotopic (exact) mass is 341 g/mol. The fourth-order valence-corrected chi connectivity index (χ4v) is 2.25. The highest BCUT2D eigenvalue weighted by Gasteiger charge is 2.07. The Morgan fingerprint density at radius 2 is 1.84 bits per heavy atom. The van der Waals surface area contributed by atoms with Gasteiger partial charge in [-0.2, -0.15) is 5.10 Å². The largest absolute Gasteiger partial charge is 0.493 e. The number of methoxy groups -OCH3 is 2. The molecule has 2 N–H and O–H groups in total. The number of ether oxygens (including phenoxy) is 2. The smallest absolute Gasteiger partial charge is 0.259 e. The molecule has 0 saturated heterocycles. The molecule has 132 valence electrons. The minimum Gasteiger partial charge on any atom is -0.493 e. The number of hydrogen-bond acceptors (Lipinski definition) is 5. The summed E-state index contributed by atoms with van der Waals surface area (Å²) in [4.78, 5) is 11.9. The molecule has 25 heavy (non-hydrogen) atoms. The highest BCUT2D eigenvalue weighted by molar-refractivity contribution is 5.99. The van der Waals surface area contributed by atoms with E-state index in [-0.39, 0.29) is 12.5 Å². The molecule has 0 saturated carbocycles. The summed E-state index contributed by atoms with van der Waals surface area (Å²) in [5.74, 6) is 1.04. The summed E-state index contributed by atoms with van der Waals surface area (Å²) in [6, 6.07) is 13.3. The van der Waals surface area contributed by atoms with Crippen LogP contribution in [0.4, 0.5) is 5.69 Å². The van der Waals surface area contributed by atoms with Crippen molar-refractivity contribution in [3.05, 3.63) is 53.6 Å². The molecule has 6 heteroatoms. The maximum Gasteiger partial charge on any atom is 0.259 e. The first-order valence-electron chi connectivity index (χ1n) is 7.89. The van der Waals surface area contributed by atoms with Crippen LogP contribution >= 0.6 is 0 Å². The zero-order valence-corrected chi connectivity index (χ0v) is 14.9. The third kappa shape index (κ3) is 5.24. The third-order valence-electron chi connectivity index (χ3n) is 3.62. The van der Waals surface area contributed by atoms with Crippen molar-refractivity contribution in [3.8, 4) is 11.5 Å². The molecular formula is C19H23N3O3. The Kier molecular flexibility index (Phi) is 6.39. The standard InChI is InChI=1S/C19H23N3O3/c1-13-6-5-7-16(10-13)20-12-19(23)22-21-14(2)15-8-9-17(24-3)18(11-15)25-4/h5-11,20H,12H2,1-4H3,(H,22,23)/b21-14+. The van der Waals surface area contributed by atoms with Gasteiger partial charge in [0.2, 0.25) is 0 Å². The molecule has 0 aliphatic carbocycles. The molecule has 0 bridgehead atoms. The minimum absolute atomic E-state index is 0.145. The summed E-state index contributed by atoms with van der Waals surface area (Å²) in [5.41, 5.74) is 6.09. The van der Waals surface area contributed by atoms with Crippen LogP contribution in [0.25, 0.3) is 0 Å². The fourth-order valence-electron chi connectivity index (χ4n) is 2.25. The molecule has 0 fully saturated rings. The molecule has 6 nitrogen and oxygen atoms in total. The molecule has 0 aliphatic heterocycles. The van der Waals surface area contributed by atoms with Crippen molar-refractivity contribution in [1.82, 2.24) is 5.43 Å². The van der Waals surface area contributed by atoms with Crippen molar-refractivity contribution < 1.29 is 14.3 Å². The van der Waals surface area contributed by atoms with Crippen molar-refractivity contribution in [1.29, 1.82) is 0 Å². The number of rotatable bonds is 7. The Morgan fingerprint density at radius 1 is 1.08 bits per heavy atom. The summed E-state index contributed by atoms with van der Waals surface area (Å²) in [5, 5.41) is 7.20. The number of benzene rings is 2. The molecule has 0 aliphatic rings. The SMILES string of the molecule is COc1ccc(/C(C)=N/NC(=O)CNc2cccc(C)c2)cc1OC. The molecule has 0 spiro atoms. The van der Waals surface area contributed by atoms with E-state index in [1.54, 1.807) is 20.3 Å². The second-order valence-corrected chi connectivity index (χ2v) is 5.52. The molecule has 0 atom stereocenters. The van der Waals surface area contributed by atoms with Gasteiger partial charge in [0.15, 0.2) is 11.5 Å². The average molecular weight is 341 g/mol. The van der Waals surface area contributed by atoms with E-state index in [0.29, 0.717) is 17.2 Å². The molecule has 0 unspecified atom stereocenters. The van der Waals surface area contributed by atoms with E-state index in [4.69, 9.17) is 9.47 Å². The van der Waals surface area contributed by atoms with Crippen molar-refractivity contribution >= 4 is 17.3 Å². The molecule has 0 aromatic heterocycles. The Hall–Kier alpha value is -3.02. The number of nitrogens with zero attached hydrogens (tertiary/aromatic N) is 1. The molecule has 2 rings (SSSR count). The van der Waals surface area contributed by atoms with Gasteiger partial charge in [0.25, 0.3) is 5.91 Å². The molecular weight excluding hydrogens is 318 g/mol. The Labute approximate surface area is 147 Å². The van der Waals surface area contributed by atoms with Crippen molar-refractivity contribution in [3.63, 3.8) is 0 Å². The predicted molar refractivity (Wildman–Crippen MR) is 99.6 cm³/mol. The first kappa shape index (κ1) is 18.3. The summed E-state index contributed by atoms with van der Waals surface area (Å²) in [6.45, 7) is 3.96. The van der Waals surface area contributed by atoms with E-state index in [1.807, 2.05) is 50.2 Å². The fraction of sp³-hybridized carbons (Fsp3) is 0.263. The average Bonchev–Trinajstić information content (AvgIpc) is 2.63. The van der Waals surface area contributed by atoms with E-state index in [2.05, 4.69) is 15.8 Å². The molecule has 0 heterocycles. The lowest BCUT2D eigenvalue weighted by molar-refractivity contribution is -0.119. The number of hydrogen-bond donors (Lipinski definition) is 2. The summed E-state index contributed by atoms with van der Waals surface area (Å²) in [7, 11) is 3.16. The quantitative estimate of drug-likeness (QED) is 0.600. The molecule has 0 radical (unpaired) electrons. The highest BCUT2D eigenvalue weighted by atomic mass is 16.5. The van der Waals surface area contributed by atoms with Gasteiger partial charge in [-0.15, -0.1) is 0 Å². The number of hydrazone groups is 1. The van der Waals surface area contributed by atoms with Gasteiger partial charge in [-0.05, 0) is 49.7 Å². The van der Waals surface area contributed by atoms with Crippen molar-refractivity contribution in [2.24, 2.45) is 5.10 Å². The van der Waals surface area contributed by atoms with Crippen LogP contribution < -0.4 is 20.2 Å². The number of carbonyl (C=O) groups excluding carboxylic acids is 1. The van der Waals surface area contributed by atoms with E-state index < -0.39 is 0 Å². The molecule has 2 aromatic carbocycles. The maximum atomic E-state index is 11.9. The third-order valence-corrected chi connectivity index (χ3v) is 3.62. The van der Waals surface area contributed by atoms with Gasteiger partial charge < -0.3 is 14.8 Å². The van der Waals surface area contributed by atoms with Crippen molar-refractivity contribution in [2.75, 3.05) is 26.1 Å². The number of carbonyl (C=O) groups is 1. The van der Waals surface area contributed by atoms with E-state index in [9.17, 15) is 4.79 Å². The number of amides is 1. The lowest BCUT2D eigenvalue weighted by atomic mass is 10.1. The first-order valence-corrected chi connectivity index (χ1v) is 7.89. The van der Waals surface area contributed by atoms with E-state index >= 15 is 0 Å². The number of anilines is 1. The zero-order chi connectivity index (χ0) is 18.2. The number of nitrogens with one attached hydrogen (secondary N) is 2. The first-order chi connectivity index (χ1) is 12.0. The molecule has 2 aromatic rings. The van der Waals surface area contributed by atoms with Gasteiger partial charge in [0.1, 0.15) is 0 Å². The van der Waals surface area contributed by atoms with E-state index in [0.717, 1.165) is 16.8 Å². The van der Waals surface area contributed by atoms with Gasteiger partial charge in [0.05, 0.1) is 26.5 Å². The van der Waals surface area contributed by atoms with Crippen LogP contribution in [-0.4, -0.2) is 32.4 Å². The van der Waals surface area contributed by atoms with Gasteiger partial charge in [0, 0.05) is 11.3 Å². The number of aryl methyl sites for hydroxylation is 1. The van der Waals surface area contributed by atoms with Crippen LogP contribution in [0.3, 0.4) is 0 Å². The van der Waals surface area contributed by atoms with Crippen LogP contribution in [0.15, 0.2) is 47.6 Å². The second-order valence-electron chi connectivity index (χ2n) is 5.52. The topological polar surface area (TPSA) is 72.0 Å². The van der Waals surface area contributed by atoms with Crippen molar-refractivity contribution in [2.45, 2.75) is 13.8 Å². The van der Waals surface area contributed by atoms with E-state index in [1.165, 1.54) is 0 Å². The second kappa shape index (κ2) is 8.73. The minimum atomic E-state index is -0.221. The van der Waals surface area contributed by atoms with Crippen LogP contribution in [-0.2, 0) is 4.79 Å². The van der Waals surface area contributed by atoms with Crippen LogP contribution in [0.2, 0.25) is 0 Å². The summed E-state index contributed by atoms with van der Waals surface area (Å²) >= 11 is 0. The maximum absolute atomic E-state index is 11.9. The lowest BCUT2D eigenvalue weighted by Crippen LogP contribution is -2.26. The van der Waals surface area contributed by atoms with Gasteiger partial charge in [-0.3, -0.25) is 4.79 Å². The zero-order valence-electron chi connectivity index (χ0n) is 14.9. The van der Waals surface area contributed by atoms with Gasteiger partial charge >= 0.3 is 0 Å². The summed E-state index contributed by atoms with van der Waals surface area (Å²) < 4.78 is 10.5. The van der Waals surface area contributed by atoms with Crippen LogP contribution in [0.1, 0.15) is 18.1 Å². The Morgan fingerprint density at radius 3 is 2.52 bits per heavy atom. The highest BCUT2D eigenvalue weighted by Crippen LogP contribution is 2.27. The molecule has 1 amide bonds. The van der Waals surface area contributed by atoms with Crippen LogP contribution in [0, 0.1) is 6.92 Å². The Balaban J connectivity index is 1.95. The van der Waals surface area contributed by atoms with Crippen LogP contribution in [0.5, 0.6) is 11.5 Å².